The van der Waals surface area contributed by atoms with Crippen molar-refractivity contribution in [3.63, 3.8) is 0 Å². The predicted molar refractivity (Wildman–Crippen MR) is 122 cm³/mol. The third-order valence-corrected chi connectivity index (χ3v) is 5.73. The van der Waals surface area contributed by atoms with Crippen LogP contribution in [0.25, 0.3) is 0 Å². The molecule has 0 fully saturated rings. The normalized spacial score (nSPS) is 11.6. The number of benzene rings is 1. The van der Waals surface area contributed by atoms with Crippen LogP contribution < -0.4 is 0 Å². The van der Waals surface area contributed by atoms with E-state index in [4.69, 9.17) is 0 Å². The fourth-order valence-electron chi connectivity index (χ4n) is 2.92. The maximum absolute atomic E-state index is 10.6. The molecule has 0 saturated heterocycles. The average molecular weight is 387 g/mol. The van der Waals surface area contributed by atoms with Crippen molar-refractivity contribution < 1.29 is 4.79 Å². The molecule has 0 unspecified atom stereocenters. The van der Waals surface area contributed by atoms with Crippen LogP contribution in [0, 0.1) is 0 Å². The van der Waals surface area contributed by atoms with Crippen LogP contribution in [0.4, 0.5) is 0 Å². The smallest absolute Gasteiger partial charge is 0.150 e. The molecule has 0 aliphatic heterocycles. The predicted octanol–water partition coefficient (Wildman–Crippen LogP) is 8.40. The van der Waals surface area contributed by atoms with Crippen molar-refractivity contribution in [3.8, 4) is 0 Å². The third kappa shape index (κ3) is 14.4. The molecule has 150 valence electrons. The van der Waals surface area contributed by atoms with Crippen LogP contribution in [-0.4, -0.2) is 12.0 Å². The molecule has 1 aromatic carbocycles. The second-order valence-corrected chi connectivity index (χ2v) is 8.29. The number of thioether (sulfide) groups is 1. The zero-order valence-corrected chi connectivity index (χ0v) is 18.0. The molecule has 0 aromatic heterocycles. The van der Waals surface area contributed by atoms with Gasteiger partial charge in [-0.25, -0.2) is 0 Å². The third-order valence-electron chi connectivity index (χ3n) is 4.63. The molecule has 0 N–H and O–H groups in total. The Morgan fingerprint density at radius 1 is 0.741 bits per heavy atom. The first-order chi connectivity index (χ1) is 13.4. The first-order valence-corrected chi connectivity index (χ1v) is 11.8. The zero-order chi connectivity index (χ0) is 19.4. The molecule has 0 spiro atoms. The van der Waals surface area contributed by atoms with E-state index >= 15 is 0 Å². The molecule has 0 heterocycles. The van der Waals surface area contributed by atoms with Crippen molar-refractivity contribution in [2.45, 2.75) is 88.9 Å². The molecule has 0 aliphatic carbocycles. The van der Waals surface area contributed by atoms with E-state index in [0.717, 1.165) is 18.3 Å². The maximum atomic E-state index is 10.6. The Labute approximate surface area is 171 Å². The Balaban J connectivity index is 1.84. The Kier molecular flexibility index (Phi) is 15.9. The van der Waals surface area contributed by atoms with Gasteiger partial charge in [-0.15, -0.1) is 11.8 Å². The van der Waals surface area contributed by atoms with Crippen LogP contribution in [-0.2, 0) is 0 Å². The molecule has 0 saturated carbocycles. The summed E-state index contributed by atoms with van der Waals surface area (Å²) in [6, 6.07) is 7.88. The summed E-state index contributed by atoms with van der Waals surface area (Å²) in [6.45, 7) is 2.25. The lowest BCUT2D eigenvalue weighted by molar-refractivity contribution is 0.112. The van der Waals surface area contributed by atoms with E-state index in [1.165, 1.54) is 81.3 Å². The van der Waals surface area contributed by atoms with Gasteiger partial charge in [0.1, 0.15) is 6.29 Å². The summed E-state index contributed by atoms with van der Waals surface area (Å²) < 4.78 is 0. The number of hydrogen-bond donors (Lipinski definition) is 0. The summed E-state index contributed by atoms with van der Waals surface area (Å²) in [5, 5.41) is 0. The SMILES string of the molecule is CCCCC/C=C\C/C=C\CCCCCCCCSc1ccc(C=O)cc1. The molecule has 1 rings (SSSR count). The molecule has 0 radical (unpaired) electrons. The van der Waals surface area contributed by atoms with E-state index < -0.39 is 0 Å². The number of hydrogen-bond acceptors (Lipinski definition) is 2. The summed E-state index contributed by atoms with van der Waals surface area (Å²) >= 11 is 1.90. The first-order valence-electron chi connectivity index (χ1n) is 10.8. The van der Waals surface area contributed by atoms with Gasteiger partial charge in [0.2, 0.25) is 0 Å². The van der Waals surface area contributed by atoms with Gasteiger partial charge in [0, 0.05) is 10.5 Å². The van der Waals surface area contributed by atoms with Crippen LogP contribution in [0.2, 0.25) is 0 Å². The van der Waals surface area contributed by atoms with E-state index in [9.17, 15) is 4.79 Å². The van der Waals surface area contributed by atoms with Gasteiger partial charge in [-0.05, 0) is 56.4 Å². The minimum absolute atomic E-state index is 0.757. The molecular weight excluding hydrogens is 348 g/mol. The standard InChI is InChI=1S/C25H38OS/c1-2-3-4-5-6-7-8-9-10-11-12-13-14-15-16-17-22-27-25-20-18-24(23-26)19-21-25/h6-7,9-10,18-21,23H,2-5,8,11-17,22H2,1H3/b7-6-,10-9-. The number of rotatable bonds is 17. The van der Waals surface area contributed by atoms with Crippen molar-refractivity contribution in [2.75, 3.05) is 5.75 Å². The quantitative estimate of drug-likeness (QED) is 0.116. The van der Waals surface area contributed by atoms with Crippen molar-refractivity contribution in [3.05, 3.63) is 54.1 Å². The van der Waals surface area contributed by atoms with Gasteiger partial charge in [-0.3, -0.25) is 4.79 Å². The molecule has 27 heavy (non-hydrogen) atoms. The monoisotopic (exact) mass is 386 g/mol. The van der Waals surface area contributed by atoms with Crippen LogP contribution in [0.15, 0.2) is 53.5 Å². The fourth-order valence-corrected chi connectivity index (χ4v) is 3.84. The Morgan fingerprint density at radius 2 is 1.33 bits per heavy atom. The van der Waals surface area contributed by atoms with Crippen molar-refractivity contribution in [2.24, 2.45) is 0 Å². The Hall–Kier alpha value is -1.28. The van der Waals surface area contributed by atoms with Crippen molar-refractivity contribution in [1.82, 2.24) is 0 Å². The van der Waals surface area contributed by atoms with E-state index in [1.54, 1.807) is 0 Å². The highest BCUT2D eigenvalue weighted by molar-refractivity contribution is 7.99. The number of aldehydes is 1. The average Bonchev–Trinajstić information content (AvgIpc) is 2.70. The lowest BCUT2D eigenvalue weighted by Crippen LogP contribution is -1.84. The largest absolute Gasteiger partial charge is 0.298 e. The lowest BCUT2D eigenvalue weighted by Gasteiger charge is -2.03. The van der Waals surface area contributed by atoms with Crippen LogP contribution >= 0.6 is 11.8 Å². The second kappa shape index (κ2) is 18.1. The highest BCUT2D eigenvalue weighted by Crippen LogP contribution is 2.20. The van der Waals surface area contributed by atoms with Gasteiger partial charge >= 0.3 is 0 Å². The summed E-state index contributed by atoms with van der Waals surface area (Å²) in [4.78, 5) is 11.9. The van der Waals surface area contributed by atoms with Crippen molar-refractivity contribution in [1.29, 1.82) is 0 Å². The summed E-state index contributed by atoms with van der Waals surface area (Å²) in [5.74, 6) is 1.18. The van der Waals surface area contributed by atoms with Crippen LogP contribution in [0.3, 0.4) is 0 Å². The Morgan fingerprint density at radius 3 is 1.96 bits per heavy atom. The first kappa shape index (κ1) is 23.8. The van der Waals surface area contributed by atoms with E-state index in [-0.39, 0.29) is 0 Å². The highest BCUT2D eigenvalue weighted by Gasteiger charge is 1.96. The molecule has 1 aromatic rings. The lowest BCUT2D eigenvalue weighted by atomic mass is 10.1. The summed E-state index contributed by atoms with van der Waals surface area (Å²) in [5.41, 5.74) is 0.757. The number of carbonyl (C=O) groups is 1. The van der Waals surface area contributed by atoms with E-state index in [0.29, 0.717) is 0 Å². The van der Waals surface area contributed by atoms with E-state index in [2.05, 4.69) is 31.2 Å². The molecular formula is C25H38OS. The molecule has 0 bridgehead atoms. The van der Waals surface area contributed by atoms with Crippen LogP contribution in [0.5, 0.6) is 0 Å². The molecule has 2 heteroatoms. The topological polar surface area (TPSA) is 17.1 Å². The Bertz CT molecular complexity index is 516. The highest BCUT2D eigenvalue weighted by atomic mass is 32.2. The minimum Gasteiger partial charge on any atom is -0.298 e. The zero-order valence-electron chi connectivity index (χ0n) is 17.2. The van der Waals surface area contributed by atoms with Gasteiger partial charge in [-0.2, -0.15) is 0 Å². The number of allylic oxidation sites excluding steroid dienone is 4. The number of unbranched alkanes of at least 4 members (excludes halogenated alkanes) is 9. The molecule has 0 aliphatic rings. The molecule has 1 nitrogen and oxygen atoms in total. The molecule has 0 amide bonds. The van der Waals surface area contributed by atoms with Crippen LogP contribution in [0.1, 0.15) is 94.3 Å². The summed E-state index contributed by atoms with van der Waals surface area (Å²) in [6.07, 6.45) is 25.8. The van der Waals surface area contributed by atoms with Gasteiger partial charge < -0.3 is 0 Å². The van der Waals surface area contributed by atoms with Gasteiger partial charge in [0.15, 0.2) is 0 Å². The number of carbonyl (C=O) groups excluding carboxylic acids is 1. The fraction of sp³-hybridized carbons (Fsp3) is 0.560. The van der Waals surface area contributed by atoms with Gasteiger partial charge in [0.25, 0.3) is 0 Å². The van der Waals surface area contributed by atoms with E-state index in [1.807, 2.05) is 36.0 Å². The molecule has 0 atom stereocenters. The van der Waals surface area contributed by atoms with Crippen molar-refractivity contribution >= 4 is 18.0 Å². The van der Waals surface area contributed by atoms with Gasteiger partial charge in [-0.1, -0.05) is 81.9 Å². The summed E-state index contributed by atoms with van der Waals surface area (Å²) in [7, 11) is 0. The maximum Gasteiger partial charge on any atom is 0.150 e. The minimum atomic E-state index is 0.757. The second-order valence-electron chi connectivity index (χ2n) is 7.12. The van der Waals surface area contributed by atoms with Gasteiger partial charge in [0.05, 0.1) is 0 Å².